The standard InChI is InChI=1S/C12H18N2O4S2.ClH/c1-18-12(15)11-10(5-8-19-11)20(16,17)14-7-4-9-3-2-6-13-9;/h5,8-9,13-14H,2-4,6-7H2,1H3;1H/t9-;/m1./s1. The molecule has 2 N–H and O–H groups in total. The largest absolute Gasteiger partial charge is 0.465 e. The molecule has 9 heteroatoms. The Morgan fingerprint density at radius 3 is 2.95 bits per heavy atom. The lowest BCUT2D eigenvalue weighted by molar-refractivity contribution is 0.0602. The van der Waals surface area contributed by atoms with Crippen molar-refractivity contribution in [2.75, 3.05) is 20.2 Å². The molecule has 2 rings (SSSR count). The van der Waals surface area contributed by atoms with Gasteiger partial charge < -0.3 is 10.1 Å². The maximum atomic E-state index is 12.2. The summed E-state index contributed by atoms with van der Waals surface area (Å²) in [7, 11) is -2.43. The van der Waals surface area contributed by atoms with Gasteiger partial charge in [-0.15, -0.1) is 23.7 Å². The zero-order chi connectivity index (χ0) is 14.6. The van der Waals surface area contributed by atoms with Crippen molar-refractivity contribution in [3.63, 3.8) is 0 Å². The van der Waals surface area contributed by atoms with Crippen LogP contribution in [0.25, 0.3) is 0 Å². The number of hydrogen-bond acceptors (Lipinski definition) is 6. The fraction of sp³-hybridized carbons (Fsp3) is 0.583. The summed E-state index contributed by atoms with van der Waals surface area (Å²) < 4.78 is 31.5. The Hall–Kier alpha value is -0.670. The van der Waals surface area contributed by atoms with Crippen LogP contribution in [0.1, 0.15) is 28.9 Å². The van der Waals surface area contributed by atoms with Crippen LogP contribution in [0, 0.1) is 0 Å². The summed E-state index contributed by atoms with van der Waals surface area (Å²) in [4.78, 5) is 11.6. The van der Waals surface area contributed by atoms with Crippen LogP contribution in [-0.4, -0.2) is 40.6 Å². The van der Waals surface area contributed by atoms with E-state index in [1.807, 2.05) is 0 Å². The van der Waals surface area contributed by atoms with E-state index in [9.17, 15) is 13.2 Å². The van der Waals surface area contributed by atoms with Crippen molar-refractivity contribution in [1.82, 2.24) is 10.0 Å². The molecule has 6 nitrogen and oxygen atoms in total. The molecule has 0 aliphatic carbocycles. The Morgan fingerprint density at radius 1 is 1.57 bits per heavy atom. The fourth-order valence-corrected chi connectivity index (χ4v) is 4.58. The van der Waals surface area contributed by atoms with Gasteiger partial charge in [0.15, 0.2) is 0 Å². The Bertz CT molecular complexity index is 568. The molecule has 2 heterocycles. The van der Waals surface area contributed by atoms with E-state index in [1.54, 1.807) is 5.38 Å². The first-order chi connectivity index (χ1) is 9.54. The van der Waals surface area contributed by atoms with Crippen LogP contribution < -0.4 is 10.0 Å². The SMILES string of the molecule is COC(=O)c1sccc1S(=O)(=O)NCC[C@H]1CCCN1.Cl. The van der Waals surface area contributed by atoms with Crippen molar-refractivity contribution < 1.29 is 17.9 Å². The van der Waals surface area contributed by atoms with E-state index in [4.69, 9.17) is 0 Å². The van der Waals surface area contributed by atoms with Crippen LogP contribution in [-0.2, 0) is 14.8 Å². The van der Waals surface area contributed by atoms with Gasteiger partial charge in [-0.25, -0.2) is 17.9 Å². The lowest BCUT2D eigenvalue weighted by Crippen LogP contribution is -2.31. The van der Waals surface area contributed by atoms with Crippen molar-refractivity contribution in [2.24, 2.45) is 0 Å². The number of esters is 1. The summed E-state index contributed by atoms with van der Waals surface area (Å²) in [6, 6.07) is 1.80. The first-order valence-corrected chi connectivity index (χ1v) is 8.80. The lowest BCUT2D eigenvalue weighted by Gasteiger charge is -2.11. The normalized spacial score (nSPS) is 18.2. The molecule has 1 aliphatic rings. The van der Waals surface area contributed by atoms with Crippen LogP contribution in [0.3, 0.4) is 0 Å². The molecule has 1 aromatic rings. The molecule has 120 valence electrons. The number of carbonyl (C=O) groups excluding carboxylic acids is 1. The van der Waals surface area contributed by atoms with Crippen LogP contribution >= 0.6 is 23.7 Å². The van der Waals surface area contributed by atoms with Gasteiger partial charge >= 0.3 is 5.97 Å². The van der Waals surface area contributed by atoms with Gasteiger partial charge in [-0.2, -0.15) is 0 Å². The Kier molecular flexibility index (Phi) is 7.08. The number of rotatable bonds is 6. The maximum Gasteiger partial charge on any atom is 0.349 e. The average Bonchev–Trinajstić information content (AvgIpc) is 3.08. The first-order valence-electron chi connectivity index (χ1n) is 6.43. The van der Waals surface area contributed by atoms with Crippen LogP contribution in [0.5, 0.6) is 0 Å². The van der Waals surface area contributed by atoms with Gasteiger partial charge in [-0.3, -0.25) is 0 Å². The van der Waals surface area contributed by atoms with Crippen molar-refractivity contribution in [3.05, 3.63) is 16.3 Å². The molecule has 0 spiro atoms. The molecular weight excluding hydrogens is 336 g/mol. The molecule has 1 aliphatic heterocycles. The Morgan fingerprint density at radius 2 is 2.33 bits per heavy atom. The number of carbonyl (C=O) groups is 1. The minimum atomic E-state index is -3.66. The van der Waals surface area contributed by atoms with Gasteiger partial charge in [0.25, 0.3) is 0 Å². The van der Waals surface area contributed by atoms with Crippen molar-refractivity contribution in [2.45, 2.75) is 30.2 Å². The van der Waals surface area contributed by atoms with Gasteiger partial charge in [-0.1, -0.05) is 0 Å². The Labute approximate surface area is 134 Å². The summed E-state index contributed by atoms with van der Waals surface area (Å²) >= 11 is 1.06. The van der Waals surface area contributed by atoms with Crippen molar-refractivity contribution in [3.8, 4) is 0 Å². The fourth-order valence-electron chi connectivity index (χ4n) is 2.20. The van der Waals surface area contributed by atoms with E-state index in [2.05, 4.69) is 14.8 Å². The summed E-state index contributed by atoms with van der Waals surface area (Å²) in [5, 5.41) is 4.88. The monoisotopic (exact) mass is 354 g/mol. The number of sulfonamides is 1. The number of halogens is 1. The number of nitrogens with one attached hydrogen (secondary N) is 2. The molecule has 0 bridgehead atoms. The van der Waals surface area contributed by atoms with E-state index in [0.717, 1.165) is 37.1 Å². The zero-order valence-corrected chi connectivity index (χ0v) is 14.1. The van der Waals surface area contributed by atoms with Crippen LogP contribution in [0.15, 0.2) is 16.3 Å². The smallest absolute Gasteiger partial charge is 0.349 e. The third kappa shape index (κ3) is 4.65. The highest BCUT2D eigenvalue weighted by molar-refractivity contribution is 7.89. The second-order valence-electron chi connectivity index (χ2n) is 4.59. The summed E-state index contributed by atoms with van der Waals surface area (Å²) in [6.45, 7) is 1.35. The van der Waals surface area contributed by atoms with E-state index in [1.165, 1.54) is 13.2 Å². The zero-order valence-electron chi connectivity index (χ0n) is 11.6. The highest BCUT2D eigenvalue weighted by Crippen LogP contribution is 2.22. The molecule has 0 amide bonds. The van der Waals surface area contributed by atoms with E-state index in [-0.39, 0.29) is 22.2 Å². The summed E-state index contributed by atoms with van der Waals surface area (Å²) in [5.41, 5.74) is 0. The summed E-state index contributed by atoms with van der Waals surface area (Å²) in [5.74, 6) is -0.627. The van der Waals surface area contributed by atoms with Gasteiger partial charge in [0.1, 0.15) is 9.77 Å². The highest BCUT2D eigenvalue weighted by atomic mass is 35.5. The predicted molar refractivity (Wildman–Crippen MR) is 83.7 cm³/mol. The van der Waals surface area contributed by atoms with Gasteiger partial charge in [-0.05, 0) is 37.3 Å². The third-order valence-corrected chi connectivity index (χ3v) is 5.76. The number of thiophene rings is 1. The molecule has 1 fully saturated rings. The third-order valence-electron chi connectivity index (χ3n) is 3.24. The quantitative estimate of drug-likeness (QED) is 0.754. The molecule has 0 saturated carbocycles. The average molecular weight is 355 g/mol. The topological polar surface area (TPSA) is 84.5 Å². The van der Waals surface area contributed by atoms with Gasteiger partial charge in [0.2, 0.25) is 10.0 Å². The minimum absolute atomic E-state index is 0. The molecule has 0 radical (unpaired) electrons. The highest BCUT2D eigenvalue weighted by Gasteiger charge is 2.24. The van der Waals surface area contributed by atoms with Gasteiger partial charge in [0.05, 0.1) is 7.11 Å². The van der Waals surface area contributed by atoms with Crippen LogP contribution in [0.2, 0.25) is 0 Å². The van der Waals surface area contributed by atoms with Gasteiger partial charge in [0, 0.05) is 12.6 Å². The molecule has 1 aromatic heterocycles. The molecule has 21 heavy (non-hydrogen) atoms. The summed E-state index contributed by atoms with van der Waals surface area (Å²) in [6.07, 6.45) is 2.96. The van der Waals surface area contributed by atoms with Crippen molar-refractivity contribution >= 4 is 39.7 Å². The second-order valence-corrected chi connectivity index (χ2v) is 7.24. The lowest BCUT2D eigenvalue weighted by atomic mass is 10.2. The Balaban J connectivity index is 0.00000220. The maximum absolute atomic E-state index is 12.2. The van der Waals surface area contributed by atoms with Crippen molar-refractivity contribution in [1.29, 1.82) is 0 Å². The number of methoxy groups -OCH3 is 1. The van der Waals surface area contributed by atoms with Crippen LogP contribution in [0.4, 0.5) is 0 Å². The number of hydrogen-bond donors (Lipinski definition) is 2. The minimum Gasteiger partial charge on any atom is -0.465 e. The van der Waals surface area contributed by atoms with E-state index < -0.39 is 16.0 Å². The molecule has 0 aromatic carbocycles. The van der Waals surface area contributed by atoms with E-state index >= 15 is 0 Å². The predicted octanol–water partition coefficient (Wildman–Crippen LogP) is 1.38. The second kappa shape index (κ2) is 8.09. The molecule has 1 atom stereocenters. The molecular formula is C12H19ClN2O4S2. The van der Waals surface area contributed by atoms with E-state index in [0.29, 0.717) is 12.6 Å². The molecule has 0 unspecified atom stereocenters. The first kappa shape index (κ1) is 18.4. The number of ether oxygens (including phenoxy) is 1. The molecule has 1 saturated heterocycles.